The lowest BCUT2D eigenvalue weighted by Gasteiger charge is -2.25. The molecule has 82 valence electrons. The normalized spacial score (nSPS) is 29.4. The maximum absolute atomic E-state index is 10.8. The van der Waals surface area contributed by atoms with E-state index in [0.717, 1.165) is 0 Å². The number of aliphatic carboxylic acids is 1. The number of nitrogens with zero attached hydrogens (tertiary/aromatic N) is 1. The van der Waals surface area contributed by atoms with E-state index >= 15 is 0 Å². The van der Waals surface area contributed by atoms with Gasteiger partial charge in [-0.05, 0) is 13.8 Å². The van der Waals surface area contributed by atoms with Gasteiger partial charge in [0.1, 0.15) is 0 Å². The third kappa shape index (κ3) is 2.43. The van der Waals surface area contributed by atoms with Gasteiger partial charge in [-0.15, -0.1) is 0 Å². The van der Waals surface area contributed by atoms with Gasteiger partial charge < -0.3 is 15.3 Å². The number of hydrogen-bond donors (Lipinski definition) is 3. The minimum atomic E-state index is -0.867. The molecule has 0 amide bonds. The van der Waals surface area contributed by atoms with Gasteiger partial charge in [0, 0.05) is 19.6 Å². The molecule has 0 aromatic rings. The molecule has 5 nitrogen and oxygen atoms in total. The molecule has 1 aliphatic rings. The predicted octanol–water partition coefficient (Wildman–Crippen LogP) is -0.865. The Morgan fingerprint density at radius 1 is 1.36 bits per heavy atom. The van der Waals surface area contributed by atoms with Crippen molar-refractivity contribution in [1.29, 1.82) is 0 Å². The average Bonchev–Trinajstić information content (AvgIpc) is 2.29. The summed E-state index contributed by atoms with van der Waals surface area (Å²) >= 11 is 0. The van der Waals surface area contributed by atoms with E-state index in [0.29, 0.717) is 19.6 Å². The van der Waals surface area contributed by atoms with Crippen molar-refractivity contribution in [3.8, 4) is 0 Å². The van der Waals surface area contributed by atoms with Gasteiger partial charge in [0.2, 0.25) is 0 Å². The van der Waals surface area contributed by atoms with Gasteiger partial charge in [0.05, 0.1) is 17.6 Å². The van der Waals surface area contributed by atoms with E-state index in [1.54, 1.807) is 18.7 Å². The molecular formula is C9H17NO4. The van der Waals surface area contributed by atoms with Crippen LogP contribution in [0.3, 0.4) is 0 Å². The fourth-order valence-corrected chi connectivity index (χ4v) is 1.60. The first kappa shape index (κ1) is 11.4. The van der Waals surface area contributed by atoms with E-state index in [9.17, 15) is 15.0 Å². The van der Waals surface area contributed by atoms with Crippen LogP contribution in [-0.2, 0) is 4.79 Å². The van der Waals surface area contributed by atoms with Crippen LogP contribution in [-0.4, -0.2) is 58.0 Å². The zero-order valence-electron chi connectivity index (χ0n) is 8.47. The first-order chi connectivity index (χ1) is 6.33. The highest BCUT2D eigenvalue weighted by molar-refractivity contribution is 5.73. The highest BCUT2D eigenvalue weighted by atomic mass is 16.4. The number of likely N-dealkylation sites (tertiary alicyclic amines) is 1. The number of rotatable bonds is 3. The molecular weight excluding hydrogens is 186 g/mol. The molecule has 0 radical (unpaired) electrons. The van der Waals surface area contributed by atoms with Crippen molar-refractivity contribution in [2.75, 3.05) is 19.6 Å². The lowest BCUT2D eigenvalue weighted by molar-refractivity contribution is -0.147. The lowest BCUT2D eigenvalue weighted by atomic mass is 9.93. The molecule has 5 heteroatoms. The molecule has 1 heterocycles. The molecule has 0 saturated carbocycles. The van der Waals surface area contributed by atoms with Gasteiger partial charge in [-0.2, -0.15) is 0 Å². The van der Waals surface area contributed by atoms with Crippen LogP contribution in [0.1, 0.15) is 13.8 Å². The van der Waals surface area contributed by atoms with Crippen LogP contribution in [0.5, 0.6) is 0 Å². The van der Waals surface area contributed by atoms with Crippen LogP contribution in [0, 0.1) is 5.41 Å². The zero-order chi connectivity index (χ0) is 10.9. The Morgan fingerprint density at radius 2 is 1.79 bits per heavy atom. The number of aliphatic hydroxyl groups is 2. The summed E-state index contributed by atoms with van der Waals surface area (Å²) in [6.45, 7) is 4.30. The van der Waals surface area contributed by atoms with E-state index in [1.807, 2.05) is 0 Å². The van der Waals surface area contributed by atoms with E-state index in [-0.39, 0.29) is 0 Å². The van der Waals surface area contributed by atoms with Crippen LogP contribution >= 0.6 is 0 Å². The Hall–Kier alpha value is -0.650. The molecule has 3 N–H and O–H groups in total. The minimum absolute atomic E-state index is 0.344. The second-order valence-electron chi connectivity index (χ2n) is 4.52. The molecule has 14 heavy (non-hydrogen) atoms. The van der Waals surface area contributed by atoms with Crippen molar-refractivity contribution in [3.63, 3.8) is 0 Å². The Kier molecular flexibility index (Phi) is 3.14. The SMILES string of the molecule is CC(C)(CN1CC(O)C(O)C1)C(=O)O. The van der Waals surface area contributed by atoms with Gasteiger partial charge in [0.25, 0.3) is 0 Å². The fourth-order valence-electron chi connectivity index (χ4n) is 1.60. The van der Waals surface area contributed by atoms with Gasteiger partial charge in [-0.25, -0.2) is 0 Å². The van der Waals surface area contributed by atoms with Crippen molar-refractivity contribution >= 4 is 5.97 Å². The van der Waals surface area contributed by atoms with E-state index < -0.39 is 23.6 Å². The first-order valence-electron chi connectivity index (χ1n) is 4.65. The Morgan fingerprint density at radius 3 is 2.14 bits per heavy atom. The molecule has 0 aromatic heterocycles. The zero-order valence-corrected chi connectivity index (χ0v) is 8.47. The van der Waals surface area contributed by atoms with Crippen molar-refractivity contribution in [1.82, 2.24) is 4.90 Å². The average molecular weight is 203 g/mol. The Bertz CT molecular complexity index is 219. The summed E-state index contributed by atoms with van der Waals surface area (Å²) in [7, 11) is 0. The topological polar surface area (TPSA) is 81.0 Å². The van der Waals surface area contributed by atoms with Crippen molar-refractivity contribution in [2.24, 2.45) is 5.41 Å². The van der Waals surface area contributed by atoms with Crippen LogP contribution < -0.4 is 0 Å². The van der Waals surface area contributed by atoms with Crippen molar-refractivity contribution in [2.45, 2.75) is 26.1 Å². The van der Waals surface area contributed by atoms with Gasteiger partial charge >= 0.3 is 5.97 Å². The van der Waals surface area contributed by atoms with Gasteiger partial charge in [0.15, 0.2) is 0 Å². The maximum atomic E-state index is 10.8. The highest BCUT2D eigenvalue weighted by Gasteiger charge is 2.36. The van der Waals surface area contributed by atoms with Crippen molar-refractivity contribution in [3.05, 3.63) is 0 Å². The quantitative estimate of drug-likeness (QED) is 0.556. The molecule has 2 unspecified atom stereocenters. The largest absolute Gasteiger partial charge is 0.481 e. The summed E-state index contributed by atoms with van der Waals surface area (Å²) in [5.41, 5.74) is -0.843. The number of carbonyl (C=O) groups is 1. The summed E-state index contributed by atoms with van der Waals surface area (Å²) in [5.74, 6) is -0.867. The van der Waals surface area contributed by atoms with Crippen LogP contribution in [0.15, 0.2) is 0 Å². The molecule has 0 bridgehead atoms. The summed E-state index contributed by atoms with van der Waals surface area (Å²) in [6.07, 6.45) is -1.50. The smallest absolute Gasteiger partial charge is 0.310 e. The number of aliphatic hydroxyl groups excluding tert-OH is 2. The Labute approximate surface area is 83.0 Å². The van der Waals surface area contributed by atoms with Crippen molar-refractivity contribution < 1.29 is 20.1 Å². The standard InChI is InChI=1S/C9H17NO4/c1-9(2,8(13)14)5-10-3-6(11)7(12)4-10/h6-7,11-12H,3-5H2,1-2H3,(H,13,14). The molecule has 0 spiro atoms. The first-order valence-corrected chi connectivity index (χ1v) is 4.65. The summed E-state index contributed by atoms with van der Waals surface area (Å²) in [4.78, 5) is 12.6. The highest BCUT2D eigenvalue weighted by Crippen LogP contribution is 2.20. The summed E-state index contributed by atoms with van der Waals surface area (Å²) < 4.78 is 0. The number of carboxylic acid groups (broad SMARTS) is 1. The van der Waals surface area contributed by atoms with E-state index in [4.69, 9.17) is 5.11 Å². The van der Waals surface area contributed by atoms with Gasteiger partial charge in [-0.3, -0.25) is 9.69 Å². The molecule has 0 aromatic carbocycles. The molecule has 0 aliphatic carbocycles. The number of hydrogen-bond acceptors (Lipinski definition) is 4. The van der Waals surface area contributed by atoms with Crippen LogP contribution in [0.2, 0.25) is 0 Å². The molecule has 1 aliphatic heterocycles. The lowest BCUT2D eigenvalue weighted by Crippen LogP contribution is -2.38. The molecule has 2 atom stereocenters. The monoisotopic (exact) mass is 203 g/mol. The molecule has 1 fully saturated rings. The molecule has 1 rings (SSSR count). The maximum Gasteiger partial charge on any atom is 0.310 e. The second kappa shape index (κ2) is 3.84. The number of carboxylic acids is 1. The predicted molar refractivity (Wildman–Crippen MR) is 49.9 cm³/mol. The number of β-amino-alcohol motifs (C(OH)–C–C–N with tert-alkyl or cyclic N) is 2. The van der Waals surface area contributed by atoms with E-state index in [2.05, 4.69) is 0 Å². The Balaban J connectivity index is 2.50. The van der Waals surface area contributed by atoms with E-state index in [1.165, 1.54) is 0 Å². The summed E-state index contributed by atoms with van der Waals surface area (Å²) in [5, 5.41) is 27.4. The third-order valence-corrected chi connectivity index (χ3v) is 2.53. The van der Waals surface area contributed by atoms with Gasteiger partial charge in [-0.1, -0.05) is 0 Å². The fraction of sp³-hybridized carbons (Fsp3) is 0.889. The van der Waals surface area contributed by atoms with Crippen LogP contribution in [0.25, 0.3) is 0 Å². The molecule has 1 saturated heterocycles. The van der Waals surface area contributed by atoms with Crippen LogP contribution in [0.4, 0.5) is 0 Å². The summed E-state index contributed by atoms with van der Waals surface area (Å²) in [6, 6.07) is 0. The third-order valence-electron chi connectivity index (χ3n) is 2.53. The second-order valence-corrected chi connectivity index (χ2v) is 4.52. The minimum Gasteiger partial charge on any atom is -0.481 e.